The lowest BCUT2D eigenvalue weighted by atomic mass is 9.73. The summed E-state index contributed by atoms with van der Waals surface area (Å²) < 4.78 is 42.1. The third-order valence-corrected chi connectivity index (χ3v) is 8.52. The van der Waals surface area contributed by atoms with Crippen molar-refractivity contribution in [1.82, 2.24) is 14.5 Å². The topological polar surface area (TPSA) is 103 Å². The summed E-state index contributed by atoms with van der Waals surface area (Å²) >= 11 is 1.23. The van der Waals surface area contributed by atoms with Gasteiger partial charge >= 0.3 is 6.18 Å². The number of nitrogens with two attached hydrogens (primary N) is 2. The highest BCUT2D eigenvalue weighted by Crippen LogP contribution is 2.55. The SMILES string of the molecule is Cc1ncccc1Sc1c(N)nc(N2CCC3(CC2)C[C@H](C)[C@@H](C(F)(F)F)[C@@H]3N)n(C)c1=O. The smallest absolute Gasteiger partial charge is 0.382 e. The normalized spacial score (nSPS) is 25.1. The van der Waals surface area contributed by atoms with Crippen LogP contribution in [-0.2, 0) is 7.05 Å². The van der Waals surface area contributed by atoms with E-state index < -0.39 is 29.5 Å². The second kappa shape index (κ2) is 8.50. The van der Waals surface area contributed by atoms with Gasteiger partial charge in [-0.3, -0.25) is 14.3 Å². The maximum absolute atomic E-state index is 13.5. The van der Waals surface area contributed by atoms with Crippen LogP contribution in [0, 0.1) is 24.2 Å². The van der Waals surface area contributed by atoms with Crippen LogP contribution in [0.2, 0.25) is 0 Å². The van der Waals surface area contributed by atoms with Crippen LogP contribution in [-0.4, -0.2) is 39.8 Å². The molecule has 33 heavy (non-hydrogen) atoms. The number of piperidine rings is 1. The Morgan fingerprint density at radius 2 is 1.94 bits per heavy atom. The van der Waals surface area contributed by atoms with E-state index in [-0.39, 0.29) is 11.4 Å². The molecule has 2 aliphatic rings. The molecule has 1 saturated carbocycles. The number of halogens is 3. The van der Waals surface area contributed by atoms with E-state index in [1.165, 1.54) is 16.3 Å². The largest absolute Gasteiger partial charge is 0.393 e. The van der Waals surface area contributed by atoms with Crippen molar-refractivity contribution in [3.63, 3.8) is 0 Å². The minimum atomic E-state index is -4.29. The van der Waals surface area contributed by atoms with E-state index in [9.17, 15) is 18.0 Å². The molecule has 4 N–H and O–H groups in total. The van der Waals surface area contributed by atoms with Crippen LogP contribution in [0.5, 0.6) is 0 Å². The monoisotopic (exact) mass is 482 g/mol. The van der Waals surface area contributed by atoms with E-state index >= 15 is 0 Å². The first-order valence-electron chi connectivity index (χ1n) is 11.0. The van der Waals surface area contributed by atoms with Gasteiger partial charge in [0.25, 0.3) is 5.56 Å². The molecule has 4 rings (SSSR count). The van der Waals surface area contributed by atoms with E-state index in [0.29, 0.717) is 43.2 Å². The van der Waals surface area contributed by atoms with Gasteiger partial charge in [-0.2, -0.15) is 18.2 Å². The highest BCUT2D eigenvalue weighted by Gasteiger charge is 2.59. The molecule has 2 aromatic heterocycles. The molecule has 3 atom stereocenters. The highest BCUT2D eigenvalue weighted by molar-refractivity contribution is 7.99. The van der Waals surface area contributed by atoms with Gasteiger partial charge in [-0.05, 0) is 49.7 Å². The Hall–Kier alpha value is -2.27. The fourth-order valence-corrected chi connectivity index (χ4v) is 6.45. The highest BCUT2D eigenvalue weighted by atomic mass is 32.2. The average molecular weight is 483 g/mol. The van der Waals surface area contributed by atoms with Crippen molar-refractivity contribution in [3.8, 4) is 0 Å². The average Bonchev–Trinajstić information content (AvgIpc) is 2.99. The van der Waals surface area contributed by atoms with Gasteiger partial charge in [-0.15, -0.1) is 0 Å². The van der Waals surface area contributed by atoms with Gasteiger partial charge in [0.1, 0.15) is 10.7 Å². The Bertz CT molecular complexity index is 1100. The number of aromatic nitrogens is 3. The number of hydrogen-bond acceptors (Lipinski definition) is 7. The van der Waals surface area contributed by atoms with Crippen molar-refractivity contribution < 1.29 is 13.2 Å². The lowest BCUT2D eigenvalue weighted by Gasteiger charge is -2.43. The Labute approximate surface area is 194 Å². The minimum absolute atomic E-state index is 0.130. The second-order valence-corrected chi connectivity index (χ2v) is 10.4. The van der Waals surface area contributed by atoms with Gasteiger partial charge in [-0.1, -0.05) is 18.7 Å². The molecule has 0 bridgehead atoms. The van der Waals surface area contributed by atoms with Crippen molar-refractivity contribution >= 4 is 23.5 Å². The molecule has 1 saturated heterocycles. The maximum Gasteiger partial charge on any atom is 0.393 e. The van der Waals surface area contributed by atoms with E-state index in [2.05, 4.69) is 9.97 Å². The van der Waals surface area contributed by atoms with Gasteiger partial charge < -0.3 is 16.4 Å². The fraction of sp³-hybridized carbons (Fsp3) is 0.591. The molecule has 11 heteroatoms. The first-order valence-corrected chi connectivity index (χ1v) is 11.8. The van der Waals surface area contributed by atoms with Crippen molar-refractivity contribution in [1.29, 1.82) is 0 Å². The molecule has 0 aromatic carbocycles. The van der Waals surface area contributed by atoms with Crippen LogP contribution in [0.3, 0.4) is 0 Å². The number of pyridine rings is 1. The van der Waals surface area contributed by atoms with Gasteiger partial charge in [-0.25, -0.2) is 0 Å². The zero-order valence-corrected chi connectivity index (χ0v) is 19.7. The first-order chi connectivity index (χ1) is 15.4. The van der Waals surface area contributed by atoms with E-state index in [1.807, 2.05) is 17.9 Å². The molecule has 1 aliphatic heterocycles. The minimum Gasteiger partial charge on any atom is -0.382 e. The number of hydrogen-bond donors (Lipinski definition) is 2. The van der Waals surface area contributed by atoms with Crippen molar-refractivity contribution in [2.75, 3.05) is 23.7 Å². The summed E-state index contributed by atoms with van der Waals surface area (Å²) in [4.78, 5) is 24.9. The third-order valence-electron chi connectivity index (χ3n) is 7.28. The summed E-state index contributed by atoms with van der Waals surface area (Å²) in [5, 5.41) is 0. The number of alkyl halides is 3. The Morgan fingerprint density at radius 1 is 1.27 bits per heavy atom. The molecule has 7 nitrogen and oxygen atoms in total. The third kappa shape index (κ3) is 4.21. The van der Waals surface area contributed by atoms with Crippen LogP contribution in [0.4, 0.5) is 24.9 Å². The molecular formula is C22H29F3N6OS. The van der Waals surface area contributed by atoms with Crippen molar-refractivity contribution in [2.45, 2.75) is 55.1 Å². The second-order valence-electron chi connectivity index (χ2n) is 9.30. The van der Waals surface area contributed by atoms with Gasteiger partial charge in [0.2, 0.25) is 5.95 Å². The molecule has 2 fully saturated rings. The maximum atomic E-state index is 13.5. The molecule has 2 aromatic rings. The molecule has 180 valence electrons. The van der Waals surface area contributed by atoms with Crippen molar-refractivity contribution in [3.05, 3.63) is 34.4 Å². The van der Waals surface area contributed by atoms with Crippen LogP contribution < -0.4 is 21.9 Å². The number of anilines is 2. The van der Waals surface area contributed by atoms with Crippen LogP contribution in [0.25, 0.3) is 0 Å². The summed E-state index contributed by atoms with van der Waals surface area (Å²) in [6.45, 7) is 4.44. The van der Waals surface area contributed by atoms with Gasteiger partial charge in [0, 0.05) is 37.3 Å². The predicted molar refractivity (Wildman–Crippen MR) is 122 cm³/mol. The molecule has 0 radical (unpaired) electrons. The zero-order valence-electron chi connectivity index (χ0n) is 18.9. The number of nitrogens with zero attached hydrogens (tertiary/aromatic N) is 4. The van der Waals surface area contributed by atoms with E-state index in [0.717, 1.165) is 10.6 Å². The Balaban J connectivity index is 1.55. The van der Waals surface area contributed by atoms with Crippen molar-refractivity contribution in [2.24, 2.45) is 30.0 Å². The number of nitrogen functional groups attached to an aromatic ring is 1. The molecule has 0 amide bonds. The first kappa shape index (κ1) is 23.9. The van der Waals surface area contributed by atoms with Gasteiger partial charge in [0.05, 0.1) is 11.6 Å². The predicted octanol–water partition coefficient (Wildman–Crippen LogP) is 3.35. The zero-order chi connectivity index (χ0) is 24.1. The van der Waals surface area contributed by atoms with Gasteiger partial charge in [0.15, 0.2) is 0 Å². The Kier molecular flexibility index (Phi) is 6.15. The fourth-order valence-electron chi connectivity index (χ4n) is 5.51. The summed E-state index contributed by atoms with van der Waals surface area (Å²) in [5.74, 6) is -1.43. The van der Waals surface area contributed by atoms with E-state index in [4.69, 9.17) is 11.5 Å². The summed E-state index contributed by atoms with van der Waals surface area (Å²) in [7, 11) is 1.64. The number of aryl methyl sites for hydroxylation is 1. The lowest BCUT2D eigenvalue weighted by Crippen LogP contribution is -2.51. The van der Waals surface area contributed by atoms with E-state index in [1.54, 1.807) is 26.2 Å². The summed E-state index contributed by atoms with van der Waals surface area (Å²) in [5.41, 5.74) is 12.3. The Morgan fingerprint density at radius 3 is 2.52 bits per heavy atom. The van der Waals surface area contributed by atoms with Crippen LogP contribution in [0.15, 0.2) is 32.9 Å². The van der Waals surface area contributed by atoms with Crippen LogP contribution >= 0.6 is 11.8 Å². The molecule has 1 aliphatic carbocycles. The number of rotatable bonds is 3. The summed E-state index contributed by atoms with van der Waals surface area (Å²) in [6.07, 6.45) is -1.11. The molecular weight excluding hydrogens is 453 g/mol. The summed E-state index contributed by atoms with van der Waals surface area (Å²) in [6, 6.07) is 2.74. The lowest BCUT2D eigenvalue weighted by molar-refractivity contribution is -0.187. The molecule has 1 spiro atoms. The molecule has 3 heterocycles. The quantitative estimate of drug-likeness (QED) is 0.692. The molecule has 0 unspecified atom stereocenters. The van der Waals surface area contributed by atoms with Crippen LogP contribution in [0.1, 0.15) is 31.9 Å². The standard InChI is InChI=1S/C22H29F3N6OS/c1-12-11-21(17(26)15(12)22(23,24)25)6-9-31(10-7-21)20-29-18(27)16(19(32)30(20)3)33-14-5-4-8-28-13(14)2/h4-5,8,12,15,17H,6-7,9-11,26-27H2,1-3H3/t12-,15+,17-/m0/s1.